The van der Waals surface area contributed by atoms with Gasteiger partial charge in [-0.2, -0.15) is 0 Å². The molecule has 0 atom stereocenters. The van der Waals surface area contributed by atoms with Gasteiger partial charge >= 0.3 is 0 Å². The highest BCUT2D eigenvalue weighted by atomic mass is 32.1. The van der Waals surface area contributed by atoms with Crippen LogP contribution in [-0.4, -0.2) is 29.5 Å². The number of allylic oxidation sites excluding steroid dienone is 7. The van der Waals surface area contributed by atoms with Crippen molar-refractivity contribution < 1.29 is 0 Å². The second-order valence-electron chi connectivity index (χ2n) is 8.89. The summed E-state index contributed by atoms with van der Waals surface area (Å²) in [5.74, 6) is 0.823. The lowest BCUT2D eigenvalue weighted by Crippen LogP contribution is -2.35. The maximum atomic E-state index is 4.42. The van der Waals surface area contributed by atoms with Crippen molar-refractivity contribution >= 4 is 21.6 Å². The molecule has 1 fully saturated rings. The quantitative estimate of drug-likeness (QED) is 0.425. The second kappa shape index (κ2) is 10.4. The van der Waals surface area contributed by atoms with Crippen molar-refractivity contribution in [2.24, 2.45) is 5.92 Å². The molecule has 2 nitrogen and oxygen atoms in total. The maximum Gasteiger partial charge on any atom is 0.0812 e. The van der Waals surface area contributed by atoms with Crippen LogP contribution in [0.15, 0.2) is 71.3 Å². The third kappa shape index (κ3) is 5.80. The number of fused-ring (bicyclic) bond motifs is 1. The first-order chi connectivity index (χ1) is 14.7. The Balaban J connectivity index is 1.16. The molecule has 2 heterocycles. The van der Waals surface area contributed by atoms with Crippen molar-refractivity contribution in [2.45, 2.75) is 51.9 Å². The van der Waals surface area contributed by atoms with Gasteiger partial charge in [0.15, 0.2) is 0 Å². The van der Waals surface area contributed by atoms with Gasteiger partial charge in [-0.25, -0.2) is 4.98 Å². The summed E-state index contributed by atoms with van der Waals surface area (Å²) in [4.78, 5) is 7.03. The molecule has 1 saturated heterocycles. The highest BCUT2D eigenvalue weighted by Crippen LogP contribution is 2.28. The van der Waals surface area contributed by atoms with E-state index in [4.69, 9.17) is 0 Å². The van der Waals surface area contributed by atoms with E-state index in [9.17, 15) is 0 Å². The van der Waals surface area contributed by atoms with Gasteiger partial charge in [0.1, 0.15) is 0 Å². The molecule has 0 radical (unpaired) electrons. The topological polar surface area (TPSA) is 16.1 Å². The Hall–Kier alpha value is -1.97. The lowest BCUT2D eigenvalue weighted by atomic mass is 9.88. The van der Waals surface area contributed by atoms with Crippen LogP contribution < -0.4 is 0 Å². The lowest BCUT2D eigenvalue weighted by Gasteiger charge is -2.32. The van der Waals surface area contributed by atoms with Gasteiger partial charge in [0.25, 0.3) is 0 Å². The van der Waals surface area contributed by atoms with Gasteiger partial charge in [-0.05, 0) is 99.7 Å². The smallest absolute Gasteiger partial charge is 0.0812 e. The average Bonchev–Trinajstić information content (AvgIpc) is 3.13. The van der Waals surface area contributed by atoms with E-state index in [0.29, 0.717) is 0 Å². The van der Waals surface area contributed by atoms with Crippen LogP contribution in [0.3, 0.4) is 0 Å². The van der Waals surface area contributed by atoms with Crippen LogP contribution in [0.5, 0.6) is 0 Å². The van der Waals surface area contributed by atoms with Crippen molar-refractivity contribution in [3.05, 3.63) is 76.9 Å². The molecule has 0 N–H and O–H groups in total. The van der Waals surface area contributed by atoms with Crippen molar-refractivity contribution in [1.82, 2.24) is 9.88 Å². The third-order valence-electron chi connectivity index (χ3n) is 6.63. The number of aromatic nitrogens is 1. The molecule has 0 unspecified atom stereocenters. The molecule has 158 valence electrons. The fourth-order valence-corrected chi connectivity index (χ4v) is 5.39. The molecule has 1 aliphatic heterocycles. The Labute approximate surface area is 185 Å². The minimum atomic E-state index is 0.823. The Morgan fingerprint density at radius 3 is 2.97 bits per heavy atom. The molecular weight excluding hydrogens is 384 g/mol. The van der Waals surface area contributed by atoms with Crippen LogP contribution in [0.25, 0.3) is 10.2 Å². The first-order valence-electron chi connectivity index (χ1n) is 11.4. The summed E-state index contributed by atoms with van der Waals surface area (Å²) < 4.78 is 1.31. The molecular formula is C27H34N2S. The highest BCUT2D eigenvalue weighted by Gasteiger charge is 2.19. The molecule has 1 aromatic heterocycles. The molecule has 3 heteroatoms. The summed E-state index contributed by atoms with van der Waals surface area (Å²) in [6.45, 7) is 10.3. The predicted octanol–water partition coefficient (Wildman–Crippen LogP) is 7.11. The molecule has 30 heavy (non-hydrogen) atoms. The summed E-state index contributed by atoms with van der Waals surface area (Å²) in [5, 5.41) is 0. The summed E-state index contributed by atoms with van der Waals surface area (Å²) in [5.41, 5.74) is 8.87. The molecule has 1 aliphatic carbocycles. The molecule has 2 aromatic rings. The fraction of sp³-hybridized carbons (Fsp3) is 0.444. The van der Waals surface area contributed by atoms with Crippen molar-refractivity contribution in [3.8, 4) is 0 Å². The Morgan fingerprint density at radius 2 is 2.10 bits per heavy atom. The Morgan fingerprint density at radius 1 is 1.23 bits per heavy atom. The van der Waals surface area contributed by atoms with Crippen molar-refractivity contribution in [3.63, 3.8) is 0 Å². The van der Waals surface area contributed by atoms with E-state index < -0.39 is 0 Å². The molecule has 4 rings (SSSR count). The number of benzene rings is 1. The molecule has 0 amide bonds. The standard InChI is InChI=1S/C27H34N2S/c1-21(8-10-25-7-5-3-4-6-22(25)2)18-24-13-16-29(17-14-24)15-12-23-9-11-26-27(19-23)30-20-28-26/h3-4,6-7,9,11,19-20,24H,1,5,8,10,12-18H2,2H3. The normalized spacial score (nSPS) is 18.3. The number of piperidine rings is 1. The van der Waals surface area contributed by atoms with E-state index >= 15 is 0 Å². The number of likely N-dealkylation sites (tertiary alicyclic amines) is 1. The van der Waals surface area contributed by atoms with Gasteiger partial charge in [-0.15, -0.1) is 11.3 Å². The zero-order valence-electron chi connectivity index (χ0n) is 18.3. The van der Waals surface area contributed by atoms with E-state index in [1.54, 1.807) is 11.3 Å². The van der Waals surface area contributed by atoms with Crippen LogP contribution in [0, 0.1) is 5.92 Å². The molecule has 0 saturated carbocycles. The summed E-state index contributed by atoms with van der Waals surface area (Å²) in [6.07, 6.45) is 17.4. The van der Waals surface area contributed by atoms with E-state index in [0.717, 1.165) is 37.1 Å². The minimum Gasteiger partial charge on any atom is -0.303 e. The van der Waals surface area contributed by atoms with E-state index in [-0.39, 0.29) is 0 Å². The van der Waals surface area contributed by atoms with Crippen LogP contribution in [-0.2, 0) is 6.42 Å². The third-order valence-corrected chi connectivity index (χ3v) is 7.43. The predicted molar refractivity (Wildman–Crippen MR) is 131 cm³/mol. The Kier molecular flexibility index (Phi) is 7.35. The zero-order valence-corrected chi connectivity index (χ0v) is 19.1. The van der Waals surface area contributed by atoms with E-state index in [1.165, 1.54) is 65.9 Å². The summed E-state index contributed by atoms with van der Waals surface area (Å²) in [7, 11) is 0. The SMILES string of the molecule is C=C(CCC1=CCC=CC=C1C)CC1CCN(CCc2ccc3ncsc3c2)CC1. The van der Waals surface area contributed by atoms with Crippen LogP contribution >= 0.6 is 11.3 Å². The summed E-state index contributed by atoms with van der Waals surface area (Å²) >= 11 is 1.74. The number of nitrogens with zero attached hydrogens (tertiary/aromatic N) is 2. The molecule has 2 aliphatic rings. The van der Waals surface area contributed by atoms with Gasteiger partial charge in [0.2, 0.25) is 0 Å². The summed E-state index contributed by atoms with van der Waals surface area (Å²) in [6, 6.07) is 6.73. The van der Waals surface area contributed by atoms with Gasteiger partial charge in [0, 0.05) is 6.54 Å². The largest absolute Gasteiger partial charge is 0.303 e. The van der Waals surface area contributed by atoms with Crippen molar-refractivity contribution in [1.29, 1.82) is 0 Å². The first-order valence-corrected chi connectivity index (χ1v) is 12.3. The maximum absolute atomic E-state index is 4.42. The minimum absolute atomic E-state index is 0.823. The van der Waals surface area contributed by atoms with Crippen LogP contribution in [0.1, 0.15) is 51.0 Å². The van der Waals surface area contributed by atoms with Gasteiger partial charge in [-0.3, -0.25) is 0 Å². The van der Waals surface area contributed by atoms with E-state index in [1.807, 2.05) is 5.51 Å². The monoisotopic (exact) mass is 418 g/mol. The highest BCUT2D eigenvalue weighted by molar-refractivity contribution is 7.16. The number of rotatable bonds is 8. The lowest BCUT2D eigenvalue weighted by molar-refractivity contribution is 0.185. The van der Waals surface area contributed by atoms with Gasteiger partial charge in [0.05, 0.1) is 15.7 Å². The van der Waals surface area contributed by atoms with Crippen molar-refractivity contribution in [2.75, 3.05) is 19.6 Å². The zero-order chi connectivity index (χ0) is 20.8. The Bertz CT molecular complexity index is 954. The number of hydrogen-bond donors (Lipinski definition) is 0. The van der Waals surface area contributed by atoms with Crippen LogP contribution in [0.2, 0.25) is 0 Å². The number of thiazole rings is 1. The van der Waals surface area contributed by atoms with Gasteiger partial charge < -0.3 is 4.90 Å². The molecule has 1 aromatic carbocycles. The number of hydrogen-bond acceptors (Lipinski definition) is 3. The first kappa shape index (κ1) is 21.3. The van der Waals surface area contributed by atoms with Gasteiger partial charge in [-0.1, -0.05) is 42.5 Å². The fourth-order valence-electron chi connectivity index (χ4n) is 4.65. The average molecular weight is 419 g/mol. The van der Waals surface area contributed by atoms with Crippen LogP contribution in [0.4, 0.5) is 0 Å². The second-order valence-corrected chi connectivity index (χ2v) is 9.77. The molecule has 0 spiro atoms. The molecule has 0 bridgehead atoms. The van der Waals surface area contributed by atoms with E-state index in [2.05, 4.69) is 65.9 Å².